The van der Waals surface area contributed by atoms with Gasteiger partial charge >= 0.3 is 12.4 Å². The van der Waals surface area contributed by atoms with Crippen molar-refractivity contribution in [1.29, 1.82) is 0 Å². The number of amides is 2. The molecule has 7 nitrogen and oxygen atoms in total. The van der Waals surface area contributed by atoms with E-state index in [1.165, 1.54) is 53.8 Å². The van der Waals surface area contributed by atoms with Crippen molar-refractivity contribution in [3.8, 4) is 22.3 Å². The second-order valence-electron chi connectivity index (χ2n) is 17.0. The van der Waals surface area contributed by atoms with E-state index in [1.54, 1.807) is 55.5 Å². The van der Waals surface area contributed by atoms with Crippen LogP contribution in [-0.2, 0) is 43.1 Å². The van der Waals surface area contributed by atoms with E-state index >= 15 is 0 Å². The molecule has 6 aromatic rings. The lowest BCUT2D eigenvalue weighted by Gasteiger charge is -2.29. The fourth-order valence-corrected chi connectivity index (χ4v) is 8.40. The molecule has 67 heavy (non-hydrogen) atoms. The quantitative estimate of drug-likeness (QED) is 0.120. The van der Waals surface area contributed by atoms with Gasteiger partial charge in [-0.15, -0.1) is 0 Å². The average Bonchev–Trinajstić information content (AvgIpc) is 3.32. The topological polar surface area (TPSA) is 81.8 Å². The number of hydrogen-bond acceptors (Lipinski definition) is 5. The smallest absolute Gasteiger partial charge is 0.322 e. The molecule has 6 aromatic carbocycles. The number of Topliss-reactive ketones (excluding diaryl/α,β-unsaturated/α-hetero) is 1. The lowest BCUT2D eigenvalue weighted by atomic mass is 9.97. The Balaban J connectivity index is 0.000000199. The molecule has 8 rings (SSSR count). The molecule has 0 aromatic heterocycles. The van der Waals surface area contributed by atoms with Crippen LogP contribution in [0.2, 0.25) is 0 Å². The number of fused-ring (bicyclic) bond motifs is 2. The van der Waals surface area contributed by atoms with E-state index in [9.17, 15) is 40.7 Å². The molecule has 2 amide bonds. The Labute approximate surface area is 386 Å². The van der Waals surface area contributed by atoms with Crippen LogP contribution < -0.4 is 10.6 Å². The number of ketones is 1. The number of hydrogen-bond donors (Lipinski definition) is 2. The third-order valence-electron chi connectivity index (χ3n) is 12.1. The first-order valence-corrected chi connectivity index (χ1v) is 22.4. The number of alkyl halides is 6. The minimum absolute atomic E-state index is 0.181. The number of nitrogens with one attached hydrogen (secondary N) is 2. The Morgan fingerprint density at radius 2 is 0.955 bits per heavy atom. The molecule has 2 aliphatic heterocycles. The number of anilines is 2. The van der Waals surface area contributed by atoms with Crippen molar-refractivity contribution in [1.82, 2.24) is 9.80 Å². The van der Waals surface area contributed by atoms with Crippen molar-refractivity contribution in [2.24, 2.45) is 0 Å². The van der Waals surface area contributed by atoms with E-state index in [2.05, 4.69) is 33.4 Å². The number of nitrogens with zero attached hydrogens (tertiary/aromatic N) is 2. The number of rotatable bonds is 12. The molecule has 2 aliphatic rings. The Morgan fingerprint density at radius 1 is 0.537 bits per heavy atom. The second kappa shape index (κ2) is 21.4. The maximum atomic E-state index is 13.1. The summed E-state index contributed by atoms with van der Waals surface area (Å²) in [6, 6.07) is 35.3. The summed E-state index contributed by atoms with van der Waals surface area (Å²) in [6.45, 7) is 9.22. The zero-order valence-electron chi connectivity index (χ0n) is 37.4. The van der Waals surface area contributed by atoms with Gasteiger partial charge in [0.1, 0.15) is 5.78 Å². The summed E-state index contributed by atoms with van der Waals surface area (Å²) in [5.41, 5.74) is 7.88. The van der Waals surface area contributed by atoms with Gasteiger partial charge < -0.3 is 10.6 Å². The molecule has 0 unspecified atom stereocenters. The number of halogens is 6. The summed E-state index contributed by atoms with van der Waals surface area (Å²) < 4.78 is 77.4. The average molecular weight is 919 g/mol. The molecule has 0 saturated carbocycles. The fourth-order valence-electron chi connectivity index (χ4n) is 8.40. The standard InChI is InChI=1S/C27H25F3N2O2.C27H27F3N2O/c1-18(33)12-14-32-15-13-20-16-23(11-8-21(20)17-32)31-26(34)25-5-3-2-4-24(25)19-6-9-22(10-7-19)27(28,29)30;1-2-3-15-32-16-14-20-17-23(13-10-21(20)18-32)31-26(33)25-7-5-4-6-24(25)19-8-11-22(12-9-19)27(28,29)30/h2-11,16H,12-15,17H2,1H3,(H,31,34);4-13,17H,2-3,14-16,18H2,1H3,(H,31,33). The van der Waals surface area contributed by atoms with E-state index in [1.807, 2.05) is 30.3 Å². The Hall–Kier alpha value is -6.57. The van der Waals surface area contributed by atoms with Gasteiger partial charge in [0.2, 0.25) is 0 Å². The van der Waals surface area contributed by atoms with Crippen molar-refractivity contribution in [2.45, 2.75) is 71.4 Å². The van der Waals surface area contributed by atoms with Crippen LogP contribution in [0.1, 0.15) is 87.2 Å². The minimum Gasteiger partial charge on any atom is -0.322 e. The molecule has 0 fully saturated rings. The SMILES string of the molecule is CC(=O)CCN1CCc2cc(NC(=O)c3ccccc3-c3ccc(C(F)(F)F)cc3)ccc2C1.CCCCN1CCc2cc(NC(=O)c3ccccc3-c3ccc(C(F)(F)F)cc3)ccc2C1. The van der Waals surface area contributed by atoms with Crippen molar-refractivity contribution < 1.29 is 40.7 Å². The van der Waals surface area contributed by atoms with Gasteiger partial charge in [0.25, 0.3) is 11.8 Å². The highest BCUT2D eigenvalue weighted by molar-refractivity contribution is 6.09. The molecular formula is C54H52F6N4O3. The molecule has 0 saturated heterocycles. The molecule has 2 N–H and O–H groups in total. The van der Waals surface area contributed by atoms with E-state index in [-0.39, 0.29) is 17.6 Å². The number of carbonyl (C=O) groups excluding carboxylic acids is 3. The van der Waals surface area contributed by atoms with Crippen molar-refractivity contribution in [2.75, 3.05) is 36.8 Å². The van der Waals surface area contributed by atoms with Crippen LogP contribution >= 0.6 is 0 Å². The van der Waals surface area contributed by atoms with Gasteiger partial charge in [0.15, 0.2) is 0 Å². The van der Waals surface area contributed by atoms with E-state index in [4.69, 9.17) is 0 Å². The highest BCUT2D eigenvalue weighted by Crippen LogP contribution is 2.34. The number of unbranched alkanes of at least 4 members (excludes halogenated alkanes) is 1. The Bertz CT molecular complexity index is 2700. The lowest BCUT2D eigenvalue weighted by molar-refractivity contribution is -0.138. The Morgan fingerprint density at radius 3 is 1.36 bits per heavy atom. The minimum atomic E-state index is -4.41. The zero-order valence-corrected chi connectivity index (χ0v) is 37.4. The first kappa shape index (κ1) is 48.4. The highest BCUT2D eigenvalue weighted by atomic mass is 19.4. The van der Waals surface area contributed by atoms with Crippen molar-refractivity contribution >= 4 is 29.0 Å². The molecule has 0 radical (unpaired) electrons. The molecular weight excluding hydrogens is 867 g/mol. The summed E-state index contributed by atoms with van der Waals surface area (Å²) in [4.78, 5) is 42.1. The summed E-state index contributed by atoms with van der Waals surface area (Å²) in [7, 11) is 0. The van der Waals surface area contributed by atoms with Gasteiger partial charge in [0.05, 0.1) is 11.1 Å². The number of carbonyl (C=O) groups is 3. The van der Waals surface area contributed by atoms with Crippen LogP contribution in [-0.4, -0.2) is 53.6 Å². The summed E-state index contributed by atoms with van der Waals surface area (Å²) in [5.74, 6) is -0.430. The van der Waals surface area contributed by atoms with Gasteiger partial charge in [-0.3, -0.25) is 24.2 Å². The third kappa shape index (κ3) is 12.7. The molecule has 0 spiro atoms. The summed E-state index contributed by atoms with van der Waals surface area (Å²) in [6.07, 6.45) is -4.10. The second-order valence-corrected chi connectivity index (χ2v) is 17.0. The van der Waals surface area contributed by atoms with Gasteiger partial charge in [-0.25, -0.2) is 0 Å². The van der Waals surface area contributed by atoms with Gasteiger partial charge in [-0.1, -0.05) is 86.1 Å². The van der Waals surface area contributed by atoms with E-state index in [0.29, 0.717) is 45.5 Å². The predicted octanol–water partition coefficient (Wildman–Crippen LogP) is 12.7. The van der Waals surface area contributed by atoms with Crippen LogP contribution in [0.3, 0.4) is 0 Å². The van der Waals surface area contributed by atoms with Crippen LogP contribution in [0.4, 0.5) is 37.7 Å². The molecule has 0 atom stereocenters. The molecule has 0 aliphatic carbocycles. The molecule has 0 bridgehead atoms. The number of benzene rings is 6. The first-order valence-electron chi connectivity index (χ1n) is 22.4. The van der Waals surface area contributed by atoms with Crippen LogP contribution in [0.5, 0.6) is 0 Å². The van der Waals surface area contributed by atoms with E-state index in [0.717, 1.165) is 87.6 Å². The van der Waals surface area contributed by atoms with E-state index < -0.39 is 23.5 Å². The maximum Gasteiger partial charge on any atom is 0.416 e. The normalized spacial score (nSPS) is 14.0. The highest BCUT2D eigenvalue weighted by Gasteiger charge is 2.31. The van der Waals surface area contributed by atoms with Crippen molar-refractivity contribution in [3.63, 3.8) is 0 Å². The molecule has 348 valence electrons. The van der Waals surface area contributed by atoms with Gasteiger partial charge in [0, 0.05) is 61.6 Å². The largest absolute Gasteiger partial charge is 0.416 e. The monoisotopic (exact) mass is 918 g/mol. The fraction of sp³-hybridized carbons (Fsp3) is 0.278. The van der Waals surface area contributed by atoms with Crippen molar-refractivity contribution in [3.05, 3.63) is 178 Å². The Kier molecular flexibility index (Phi) is 15.4. The van der Waals surface area contributed by atoms with Crippen LogP contribution in [0.25, 0.3) is 22.3 Å². The predicted molar refractivity (Wildman–Crippen MR) is 251 cm³/mol. The van der Waals surface area contributed by atoms with Crippen LogP contribution in [0, 0.1) is 0 Å². The van der Waals surface area contributed by atoms with Gasteiger partial charge in [-0.2, -0.15) is 26.3 Å². The third-order valence-corrected chi connectivity index (χ3v) is 12.1. The first-order chi connectivity index (χ1) is 32.0. The maximum absolute atomic E-state index is 13.1. The summed E-state index contributed by atoms with van der Waals surface area (Å²) in [5, 5.41) is 5.90. The lowest BCUT2D eigenvalue weighted by Crippen LogP contribution is -2.32. The van der Waals surface area contributed by atoms with Crippen LogP contribution in [0.15, 0.2) is 133 Å². The summed E-state index contributed by atoms with van der Waals surface area (Å²) >= 11 is 0. The molecule has 2 heterocycles. The molecule has 13 heteroatoms. The zero-order chi connectivity index (χ0) is 47.7. The van der Waals surface area contributed by atoms with Gasteiger partial charge in [-0.05, 0) is 138 Å².